The van der Waals surface area contributed by atoms with Gasteiger partial charge < -0.3 is 10.6 Å². The molecule has 5 heteroatoms. The number of nitriles is 1. The number of rotatable bonds is 2. The Labute approximate surface area is 126 Å². The second kappa shape index (κ2) is 5.31. The number of carbonyl (C=O) groups is 1. The molecule has 0 aromatic heterocycles. The van der Waals surface area contributed by atoms with E-state index in [1.54, 1.807) is 48.7 Å². The van der Waals surface area contributed by atoms with Crippen molar-refractivity contribution in [1.29, 1.82) is 5.26 Å². The first kappa shape index (κ1) is 13.2. The summed E-state index contributed by atoms with van der Waals surface area (Å²) in [5.41, 5.74) is 3.43. The SMILES string of the molecule is N#Cc1ccc(NC=C2C(=O)Nc3ccc(Cl)cc32)cc1. The summed E-state index contributed by atoms with van der Waals surface area (Å²) in [6.45, 7) is 0. The van der Waals surface area contributed by atoms with E-state index in [-0.39, 0.29) is 5.91 Å². The maximum atomic E-state index is 12.0. The number of hydrogen-bond acceptors (Lipinski definition) is 3. The van der Waals surface area contributed by atoms with E-state index >= 15 is 0 Å². The van der Waals surface area contributed by atoms with Gasteiger partial charge in [-0.15, -0.1) is 0 Å². The molecule has 1 amide bonds. The molecule has 0 aliphatic carbocycles. The maximum Gasteiger partial charge on any atom is 0.257 e. The molecule has 3 rings (SSSR count). The zero-order valence-electron chi connectivity index (χ0n) is 10.9. The molecular formula is C16H10ClN3O. The van der Waals surface area contributed by atoms with E-state index < -0.39 is 0 Å². The summed E-state index contributed by atoms with van der Waals surface area (Å²) in [4.78, 5) is 12.0. The normalized spacial score (nSPS) is 14.5. The number of carbonyl (C=O) groups excluding carboxylic acids is 1. The minimum atomic E-state index is -0.173. The van der Waals surface area contributed by atoms with Gasteiger partial charge >= 0.3 is 0 Å². The van der Waals surface area contributed by atoms with Crippen LogP contribution < -0.4 is 10.6 Å². The smallest absolute Gasteiger partial charge is 0.257 e. The summed E-state index contributed by atoms with van der Waals surface area (Å²) < 4.78 is 0. The van der Waals surface area contributed by atoms with Crippen molar-refractivity contribution < 1.29 is 4.79 Å². The highest BCUT2D eigenvalue weighted by atomic mass is 35.5. The minimum absolute atomic E-state index is 0.173. The summed E-state index contributed by atoms with van der Waals surface area (Å²) in [6.07, 6.45) is 1.64. The molecular weight excluding hydrogens is 286 g/mol. The van der Waals surface area contributed by atoms with Crippen LogP contribution in [-0.4, -0.2) is 5.91 Å². The fourth-order valence-corrected chi connectivity index (χ4v) is 2.27. The van der Waals surface area contributed by atoms with Crippen LogP contribution in [0, 0.1) is 11.3 Å². The van der Waals surface area contributed by atoms with Crippen molar-refractivity contribution in [3.8, 4) is 6.07 Å². The molecule has 4 nitrogen and oxygen atoms in total. The van der Waals surface area contributed by atoms with Crippen molar-refractivity contribution in [3.63, 3.8) is 0 Å². The van der Waals surface area contributed by atoms with Crippen LogP contribution >= 0.6 is 11.6 Å². The van der Waals surface area contributed by atoms with Crippen molar-refractivity contribution in [2.24, 2.45) is 0 Å². The lowest BCUT2D eigenvalue weighted by atomic mass is 10.1. The van der Waals surface area contributed by atoms with E-state index in [4.69, 9.17) is 16.9 Å². The largest absolute Gasteiger partial charge is 0.361 e. The van der Waals surface area contributed by atoms with Crippen LogP contribution in [0.5, 0.6) is 0 Å². The second-order valence-corrected chi connectivity index (χ2v) is 4.97. The third-order valence-corrected chi connectivity index (χ3v) is 3.40. The summed E-state index contributed by atoms with van der Waals surface area (Å²) in [5.74, 6) is -0.173. The molecule has 0 saturated heterocycles. The average molecular weight is 296 g/mol. The van der Waals surface area contributed by atoms with Gasteiger partial charge in [-0.05, 0) is 42.5 Å². The standard InChI is InChI=1S/C16H10ClN3O/c17-11-3-6-15-13(7-11)14(16(21)20-15)9-19-12-4-1-10(8-18)2-5-12/h1-7,9,19H,(H,20,21). The average Bonchev–Trinajstić information content (AvgIpc) is 2.80. The molecule has 0 bridgehead atoms. The fourth-order valence-electron chi connectivity index (χ4n) is 2.10. The minimum Gasteiger partial charge on any atom is -0.361 e. The van der Waals surface area contributed by atoms with Gasteiger partial charge in [0, 0.05) is 28.2 Å². The molecule has 0 saturated carbocycles. The highest BCUT2D eigenvalue weighted by Gasteiger charge is 2.24. The lowest BCUT2D eigenvalue weighted by Crippen LogP contribution is -2.05. The van der Waals surface area contributed by atoms with E-state index in [0.29, 0.717) is 16.2 Å². The number of nitrogens with zero attached hydrogens (tertiary/aromatic N) is 1. The Morgan fingerprint density at radius 2 is 1.95 bits per heavy atom. The van der Waals surface area contributed by atoms with Gasteiger partial charge in [0.05, 0.1) is 17.2 Å². The van der Waals surface area contributed by atoms with Crippen molar-refractivity contribution in [2.45, 2.75) is 0 Å². The molecule has 21 heavy (non-hydrogen) atoms. The van der Waals surface area contributed by atoms with Crippen LogP contribution in [-0.2, 0) is 4.79 Å². The van der Waals surface area contributed by atoms with Crippen LogP contribution in [0.4, 0.5) is 11.4 Å². The van der Waals surface area contributed by atoms with Crippen molar-refractivity contribution in [2.75, 3.05) is 10.6 Å². The first-order chi connectivity index (χ1) is 10.2. The Morgan fingerprint density at radius 3 is 2.67 bits per heavy atom. The van der Waals surface area contributed by atoms with E-state index in [1.807, 2.05) is 0 Å². The molecule has 0 fully saturated rings. The van der Waals surface area contributed by atoms with Gasteiger partial charge in [0.1, 0.15) is 0 Å². The van der Waals surface area contributed by atoms with E-state index in [2.05, 4.69) is 16.7 Å². The summed E-state index contributed by atoms with van der Waals surface area (Å²) in [7, 11) is 0. The highest BCUT2D eigenvalue weighted by molar-refractivity contribution is 6.34. The van der Waals surface area contributed by atoms with Gasteiger partial charge in [-0.3, -0.25) is 4.79 Å². The Morgan fingerprint density at radius 1 is 1.19 bits per heavy atom. The lowest BCUT2D eigenvalue weighted by Gasteiger charge is -2.03. The third kappa shape index (κ3) is 2.60. The molecule has 1 heterocycles. The fraction of sp³-hybridized carbons (Fsp3) is 0. The summed E-state index contributed by atoms with van der Waals surface area (Å²) in [6, 6.07) is 14.3. The highest BCUT2D eigenvalue weighted by Crippen LogP contribution is 2.33. The summed E-state index contributed by atoms with van der Waals surface area (Å²) in [5, 5.41) is 15.2. The van der Waals surface area contributed by atoms with E-state index in [9.17, 15) is 4.79 Å². The Balaban J connectivity index is 1.88. The number of fused-ring (bicyclic) bond motifs is 1. The van der Waals surface area contributed by atoms with Crippen LogP contribution in [0.3, 0.4) is 0 Å². The van der Waals surface area contributed by atoms with E-state index in [1.165, 1.54) is 0 Å². The van der Waals surface area contributed by atoms with E-state index in [0.717, 1.165) is 16.9 Å². The molecule has 0 radical (unpaired) electrons. The zero-order valence-corrected chi connectivity index (χ0v) is 11.6. The number of halogens is 1. The molecule has 1 aliphatic heterocycles. The van der Waals surface area contributed by atoms with Gasteiger partial charge in [-0.2, -0.15) is 5.26 Å². The Hall–Kier alpha value is -2.77. The van der Waals surface area contributed by atoms with Gasteiger partial charge in [0.25, 0.3) is 5.91 Å². The summed E-state index contributed by atoms with van der Waals surface area (Å²) >= 11 is 5.97. The first-order valence-corrected chi connectivity index (χ1v) is 6.63. The zero-order chi connectivity index (χ0) is 14.8. The Bertz CT molecular complexity index is 788. The number of nitrogens with one attached hydrogen (secondary N) is 2. The quantitative estimate of drug-likeness (QED) is 0.832. The van der Waals surface area contributed by atoms with Gasteiger partial charge in [0.15, 0.2) is 0 Å². The van der Waals surface area contributed by atoms with Crippen LogP contribution in [0.1, 0.15) is 11.1 Å². The van der Waals surface area contributed by atoms with Gasteiger partial charge in [-0.1, -0.05) is 11.6 Å². The van der Waals surface area contributed by atoms with Crippen LogP contribution in [0.15, 0.2) is 48.7 Å². The topological polar surface area (TPSA) is 64.9 Å². The van der Waals surface area contributed by atoms with Crippen molar-refractivity contribution in [1.82, 2.24) is 0 Å². The second-order valence-electron chi connectivity index (χ2n) is 4.54. The van der Waals surface area contributed by atoms with Crippen LogP contribution in [0.2, 0.25) is 5.02 Å². The van der Waals surface area contributed by atoms with Crippen LogP contribution in [0.25, 0.3) is 5.57 Å². The molecule has 2 aromatic carbocycles. The number of anilines is 2. The number of hydrogen-bond donors (Lipinski definition) is 2. The van der Waals surface area contributed by atoms with Gasteiger partial charge in [-0.25, -0.2) is 0 Å². The number of amides is 1. The molecule has 2 N–H and O–H groups in total. The molecule has 2 aromatic rings. The van der Waals surface area contributed by atoms with Crippen molar-refractivity contribution in [3.05, 3.63) is 64.8 Å². The van der Waals surface area contributed by atoms with Crippen molar-refractivity contribution >= 4 is 34.5 Å². The molecule has 0 unspecified atom stereocenters. The monoisotopic (exact) mass is 295 g/mol. The third-order valence-electron chi connectivity index (χ3n) is 3.16. The molecule has 0 atom stereocenters. The first-order valence-electron chi connectivity index (χ1n) is 6.25. The Kier molecular flexibility index (Phi) is 3.35. The predicted octanol–water partition coefficient (Wildman–Crippen LogP) is 3.62. The predicted molar refractivity (Wildman–Crippen MR) is 82.8 cm³/mol. The molecule has 102 valence electrons. The number of benzene rings is 2. The lowest BCUT2D eigenvalue weighted by molar-refractivity contribution is -0.110. The molecule has 0 spiro atoms. The maximum absolute atomic E-state index is 12.0. The molecule has 1 aliphatic rings. The van der Waals surface area contributed by atoms with Gasteiger partial charge in [0.2, 0.25) is 0 Å².